The maximum absolute atomic E-state index is 11.8. The quantitative estimate of drug-likeness (QED) is 0.791. The number of benzene rings is 1. The van der Waals surface area contributed by atoms with Crippen LogP contribution in [0.1, 0.15) is 40.5 Å². The van der Waals surface area contributed by atoms with Gasteiger partial charge in [-0.2, -0.15) is 0 Å². The summed E-state index contributed by atoms with van der Waals surface area (Å²) in [5.74, 6) is 0.183. The summed E-state index contributed by atoms with van der Waals surface area (Å²) in [7, 11) is 2.88. The van der Waals surface area contributed by atoms with Gasteiger partial charge in [0, 0.05) is 7.11 Å². The first-order chi connectivity index (χ1) is 10.2. The Morgan fingerprint density at radius 1 is 1.29 bits per heavy atom. The van der Waals surface area contributed by atoms with Gasteiger partial charge in [0.05, 0.1) is 19.1 Å². The Balaban J connectivity index is 2.01. The van der Waals surface area contributed by atoms with Crippen LogP contribution in [-0.2, 0) is 21.5 Å². The maximum Gasteiger partial charge on any atom is 0.376 e. The third-order valence-corrected chi connectivity index (χ3v) is 3.83. The number of hydrogen-bond donors (Lipinski definition) is 0. The highest BCUT2D eigenvalue weighted by molar-refractivity contribution is 5.87. The minimum absolute atomic E-state index is 0.136. The predicted octanol–water partition coefficient (Wildman–Crippen LogP) is 2.69. The molecule has 5 nitrogen and oxygen atoms in total. The minimum atomic E-state index is -0.523. The van der Waals surface area contributed by atoms with Gasteiger partial charge < -0.3 is 13.9 Å². The molecule has 0 aliphatic heterocycles. The number of carbonyl (C=O) groups is 1. The molecule has 0 spiro atoms. The summed E-state index contributed by atoms with van der Waals surface area (Å²) < 4.78 is 15.6. The molecule has 110 valence electrons. The van der Waals surface area contributed by atoms with Crippen molar-refractivity contribution in [2.75, 3.05) is 14.2 Å². The SMILES string of the molecule is COCc1nc(C2(c3ccccc3)CC2)oc1C(=O)OC. The molecule has 1 aromatic carbocycles. The molecule has 1 saturated carbocycles. The molecule has 1 aliphatic carbocycles. The van der Waals surface area contributed by atoms with Gasteiger partial charge in [-0.3, -0.25) is 0 Å². The van der Waals surface area contributed by atoms with Gasteiger partial charge in [-0.15, -0.1) is 0 Å². The van der Waals surface area contributed by atoms with Crippen LogP contribution in [-0.4, -0.2) is 25.2 Å². The minimum Gasteiger partial charge on any atom is -0.463 e. The second kappa shape index (κ2) is 5.33. The molecule has 5 heteroatoms. The number of nitrogens with zero attached hydrogens (tertiary/aromatic N) is 1. The van der Waals surface area contributed by atoms with E-state index in [1.54, 1.807) is 7.11 Å². The van der Waals surface area contributed by atoms with E-state index >= 15 is 0 Å². The van der Waals surface area contributed by atoms with Gasteiger partial charge in [0.15, 0.2) is 0 Å². The van der Waals surface area contributed by atoms with Gasteiger partial charge in [-0.05, 0) is 18.4 Å². The zero-order chi connectivity index (χ0) is 14.9. The summed E-state index contributed by atoms with van der Waals surface area (Å²) in [5.41, 5.74) is 1.43. The molecular formula is C16H17NO4. The van der Waals surface area contributed by atoms with Gasteiger partial charge in [-0.1, -0.05) is 30.3 Å². The molecule has 3 rings (SSSR count). The van der Waals surface area contributed by atoms with Crippen LogP contribution in [0.3, 0.4) is 0 Å². The lowest BCUT2D eigenvalue weighted by molar-refractivity contribution is 0.0556. The molecule has 21 heavy (non-hydrogen) atoms. The van der Waals surface area contributed by atoms with E-state index in [4.69, 9.17) is 13.9 Å². The lowest BCUT2D eigenvalue weighted by atomic mass is 9.96. The summed E-state index contributed by atoms with van der Waals surface area (Å²) in [6.07, 6.45) is 1.93. The summed E-state index contributed by atoms with van der Waals surface area (Å²) in [5, 5.41) is 0. The summed E-state index contributed by atoms with van der Waals surface area (Å²) >= 11 is 0. The number of ether oxygens (including phenoxy) is 2. The molecule has 0 unspecified atom stereocenters. The Labute approximate surface area is 122 Å². The molecule has 1 heterocycles. The van der Waals surface area contributed by atoms with E-state index < -0.39 is 5.97 Å². The monoisotopic (exact) mass is 287 g/mol. The molecule has 1 aliphatic rings. The van der Waals surface area contributed by atoms with E-state index in [1.807, 2.05) is 18.2 Å². The van der Waals surface area contributed by atoms with Crippen LogP contribution in [0.4, 0.5) is 0 Å². The Hall–Kier alpha value is -2.14. The Bertz CT molecular complexity index is 644. The number of rotatable bonds is 5. The van der Waals surface area contributed by atoms with Gasteiger partial charge in [0.2, 0.25) is 11.7 Å². The summed E-state index contributed by atoms with van der Waals surface area (Å²) in [6.45, 7) is 0.221. The molecule has 0 bridgehead atoms. The Kier molecular flexibility index (Phi) is 3.51. The zero-order valence-corrected chi connectivity index (χ0v) is 12.1. The highest BCUT2D eigenvalue weighted by atomic mass is 16.5. The third kappa shape index (κ3) is 2.34. The first-order valence-electron chi connectivity index (χ1n) is 6.84. The second-order valence-corrected chi connectivity index (χ2v) is 5.17. The fourth-order valence-corrected chi connectivity index (χ4v) is 2.55. The number of hydrogen-bond acceptors (Lipinski definition) is 5. The molecule has 0 saturated heterocycles. The molecule has 1 aromatic heterocycles. The predicted molar refractivity (Wildman–Crippen MR) is 75.0 cm³/mol. The summed E-state index contributed by atoms with van der Waals surface area (Å²) in [4.78, 5) is 16.3. The lowest BCUT2D eigenvalue weighted by Crippen LogP contribution is -2.09. The molecule has 2 aromatic rings. The van der Waals surface area contributed by atoms with Crippen molar-refractivity contribution in [2.45, 2.75) is 24.9 Å². The molecule has 0 amide bonds. The number of carbonyl (C=O) groups excluding carboxylic acids is 1. The van der Waals surface area contributed by atoms with Crippen molar-refractivity contribution in [1.82, 2.24) is 4.98 Å². The van der Waals surface area contributed by atoms with E-state index in [0.29, 0.717) is 11.6 Å². The number of methoxy groups -OCH3 is 2. The van der Waals surface area contributed by atoms with E-state index in [9.17, 15) is 4.79 Å². The molecule has 1 fully saturated rings. The summed E-state index contributed by atoms with van der Waals surface area (Å²) in [6, 6.07) is 10.1. The average Bonchev–Trinajstić information content (AvgIpc) is 3.23. The number of oxazole rings is 1. The van der Waals surface area contributed by atoms with Crippen LogP contribution in [0.25, 0.3) is 0 Å². The van der Waals surface area contributed by atoms with Crippen molar-refractivity contribution >= 4 is 5.97 Å². The zero-order valence-electron chi connectivity index (χ0n) is 12.1. The highest BCUT2D eigenvalue weighted by Gasteiger charge is 2.51. The van der Waals surface area contributed by atoms with Crippen LogP contribution < -0.4 is 0 Å². The standard InChI is InChI=1S/C16H17NO4/c1-19-10-12-13(14(18)20-2)21-15(17-12)16(8-9-16)11-6-4-3-5-7-11/h3-7H,8-10H2,1-2H3. The molecule has 0 radical (unpaired) electrons. The van der Waals surface area contributed by atoms with Gasteiger partial charge in [0.1, 0.15) is 5.69 Å². The van der Waals surface area contributed by atoms with Crippen molar-refractivity contribution in [2.24, 2.45) is 0 Å². The Morgan fingerprint density at radius 3 is 2.57 bits per heavy atom. The van der Waals surface area contributed by atoms with E-state index in [-0.39, 0.29) is 17.8 Å². The fourth-order valence-electron chi connectivity index (χ4n) is 2.55. The van der Waals surface area contributed by atoms with Crippen molar-refractivity contribution in [3.05, 3.63) is 53.2 Å². The molecular weight excluding hydrogens is 270 g/mol. The van der Waals surface area contributed by atoms with Crippen molar-refractivity contribution < 1.29 is 18.7 Å². The van der Waals surface area contributed by atoms with Gasteiger partial charge >= 0.3 is 5.97 Å². The van der Waals surface area contributed by atoms with Crippen molar-refractivity contribution in [3.63, 3.8) is 0 Å². The van der Waals surface area contributed by atoms with Gasteiger partial charge in [0.25, 0.3) is 0 Å². The van der Waals surface area contributed by atoms with E-state index in [1.165, 1.54) is 7.11 Å². The maximum atomic E-state index is 11.8. The Morgan fingerprint density at radius 2 is 2.00 bits per heavy atom. The normalized spacial score (nSPS) is 15.7. The van der Waals surface area contributed by atoms with E-state index in [2.05, 4.69) is 17.1 Å². The molecule has 0 atom stereocenters. The largest absolute Gasteiger partial charge is 0.463 e. The number of aromatic nitrogens is 1. The van der Waals surface area contributed by atoms with E-state index in [0.717, 1.165) is 18.4 Å². The van der Waals surface area contributed by atoms with Crippen LogP contribution in [0, 0.1) is 0 Å². The van der Waals surface area contributed by atoms with Crippen LogP contribution in [0.5, 0.6) is 0 Å². The first-order valence-corrected chi connectivity index (χ1v) is 6.84. The van der Waals surface area contributed by atoms with Crippen LogP contribution in [0.2, 0.25) is 0 Å². The second-order valence-electron chi connectivity index (χ2n) is 5.17. The number of esters is 1. The highest BCUT2D eigenvalue weighted by Crippen LogP contribution is 2.53. The van der Waals surface area contributed by atoms with Crippen LogP contribution in [0.15, 0.2) is 34.7 Å². The van der Waals surface area contributed by atoms with Crippen LogP contribution >= 0.6 is 0 Å². The first kappa shape index (κ1) is 13.8. The lowest BCUT2D eigenvalue weighted by Gasteiger charge is -2.10. The third-order valence-electron chi connectivity index (χ3n) is 3.83. The smallest absolute Gasteiger partial charge is 0.376 e. The van der Waals surface area contributed by atoms with Crippen molar-refractivity contribution in [1.29, 1.82) is 0 Å². The topological polar surface area (TPSA) is 61.6 Å². The van der Waals surface area contributed by atoms with Crippen molar-refractivity contribution in [3.8, 4) is 0 Å². The average molecular weight is 287 g/mol. The fraction of sp³-hybridized carbons (Fsp3) is 0.375. The molecule has 0 N–H and O–H groups in total. The van der Waals surface area contributed by atoms with Gasteiger partial charge in [-0.25, -0.2) is 9.78 Å².